The molecular weight excluding hydrogens is 544 g/mol. The lowest BCUT2D eigenvalue weighted by molar-refractivity contribution is -0.152. The molecule has 0 spiro atoms. The molecule has 2 aromatic rings. The van der Waals surface area contributed by atoms with E-state index in [9.17, 15) is 24.0 Å². The van der Waals surface area contributed by atoms with E-state index in [0.29, 0.717) is 6.42 Å². The Morgan fingerprint density at radius 3 is 2.41 bits per heavy atom. The summed E-state index contributed by atoms with van der Waals surface area (Å²) >= 11 is 0. The third-order valence-electron chi connectivity index (χ3n) is 6.39. The third kappa shape index (κ3) is 6.87. The normalized spacial score (nSPS) is 22.2. The Balaban J connectivity index is 1.58. The number of esters is 3. The first-order chi connectivity index (χ1) is 19.7. The molecule has 0 radical (unpaired) electrons. The number of nitrogens with one attached hydrogen (secondary N) is 1. The van der Waals surface area contributed by atoms with E-state index in [-0.39, 0.29) is 23.4 Å². The Labute approximate surface area is 233 Å². The van der Waals surface area contributed by atoms with E-state index in [4.69, 9.17) is 34.6 Å². The van der Waals surface area contributed by atoms with Gasteiger partial charge in [-0.1, -0.05) is 31.9 Å². The third-order valence-corrected chi connectivity index (χ3v) is 6.39. The number of aliphatic hydroxyl groups is 1. The predicted octanol–water partition coefficient (Wildman–Crippen LogP) is 0.219. The largest absolute Gasteiger partial charge is 0.462 e. The van der Waals surface area contributed by atoms with E-state index in [2.05, 4.69) is 10.5 Å². The minimum Gasteiger partial charge on any atom is -0.462 e. The summed E-state index contributed by atoms with van der Waals surface area (Å²) < 4.78 is 23.3. The number of benzene rings is 1. The van der Waals surface area contributed by atoms with Crippen molar-refractivity contribution in [3.63, 3.8) is 0 Å². The smallest absolute Gasteiger partial charge is 0.351 e. The summed E-state index contributed by atoms with van der Waals surface area (Å²) in [4.78, 5) is 71.7. The molecular formula is C26H30N4O11. The summed E-state index contributed by atoms with van der Waals surface area (Å²) in [7, 11) is 0. The number of aromatic nitrogens is 2. The highest BCUT2D eigenvalue weighted by Gasteiger charge is 2.52. The zero-order valence-electron chi connectivity index (χ0n) is 22.1. The number of anilines is 1. The number of unbranched alkanes of at least 4 members (excludes halogenated alkanes) is 2. The molecule has 0 amide bonds. The van der Waals surface area contributed by atoms with Crippen molar-refractivity contribution in [2.24, 2.45) is 5.73 Å². The summed E-state index contributed by atoms with van der Waals surface area (Å²) in [6.45, 7) is 0.825. The molecule has 15 nitrogen and oxygen atoms in total. The average molecular weight is 575 g/mol. The molecule has 4 rings (SSSR count). The average Bonchev–Trinajstić information content (AvgIpc) is 3.29. The van der Waals surface area contributed by atoms with Crippen LogP contribution in [0.3, 0.4) is 0 Å². The van der Waals surface area contributed by atoms with Crippen molar-refractivity contribution in [1.29, 1.82) is 0 Å². The molecule has 220 valence electrons. The fraction of sp³-hybridized carbons (Fsp3) is 0.462. The van der Waals surface area contributed by atoms with Crippen molar-refractivity contribution in [3.8, 4) is 0 Å². The molecule has 15 heteroatoms. The molecule has 0 bridgehead atoms. The summed E-state index contributed by atoms with van der Waals surface area (Å²) in [6, 6.07) is 5.85. The molecule has 1 saturated heterocycles. The van der Waals surface area contributed by atoms with Gasteiger partial charge >= 0.3 is 29.6 Å². The first-order valence-corrected chi connectivity index (χ1v) is 13.0. The van der Waals surface area contributed by atoms with E-state index in [1.54, 1.807) is 12.1 Å². The SMILES string of the molecule is CCCCCC(=O)ONc1ccn([C@@H]2O[C@H](COC(=O)[C@H](N)CO)[C@H]3OC(=O)c4ccccc4C(=O)O[C@H]32)c(=O)n1. The number of carbonyl (C=O) groups excluding carboxylic acids is 4. The molecule has 0 unspecified atom stereocenters. The molecule has 41 heavy (non-hydrogen) atoms. The van der Waals surface area contributed by atoms with Crippen molar-refractivity contribution in [1.82, 2.24) is 9.55 Å². The van der Waals surface area contributed by atoms with Gasteiger partial charge in [0.1, 0.15) is 18.8 Å². The van der Waals surface area contributed by atoms with Crippen LogP contribution in [0.1, 0.15) is 59.6 Å². The number of carbonyl (C=O) groups is 4. The minimum atomic E-state index is -1.36. The van der Waals surface area contributed by atoms with Crippen LogP contribution in [0.4, 0.5) is 5.82 Å². The number of nitrogens with zero attached hydrogens (tertiary/aromatic N) is 2. The maximum atomic E-state index is 13.0. The fourth-order valence-electron chi connectivity index (χ4n) is 4.24. The lowest BCUT2D eigenvalue weighted by atomic mass is 10.0. The highest BCUT2D eigenvalue weighted by atomic mass is 16.7. The van der Waals surface area contributed by atoms with Crippen molar-refractivity contribution in [2.45, 2.75) is 63.2 Å². The van der Waals surface area contributed by atoms with Crippen LogP contribution in [-0.4, -0.2) is 76.1 Å². The molecule has 1 aromatic carbocycles. The van der Waals surface area contributed by atoms with Gasteiger partial charge in [0.15, 0.2) is 24.3 Å². The van der Waals surface area contributed by atoms with Gasteiger partial charge in [-0.15, -0.1) is 0 Å². The Morgan fingerprint density at radius 1 is 1.10 bits per heavy atom. The number of hydrogen-bond acceptors (Lipinski definition) is 14. The Hall–Kier alpha value is -4.34. The Morgan fingerprint density at radius 2 is 1.78 bits per heavy atom. The molecule has 4 N–H and O–H groups in total. The van der Waals surface area contributed by atoms with Crippen LogP contribution in [0.2, 0.25) is 0 Å². The number of aliphatic hydroxyl groups excluding tert-OH is 1. The topological polar surface area (TPSA) is 208 Å². The summed E-state index contributed by atoms with van der Waals surface area (Å²) in [6.07, 6.45) is -1.31. The summed E-state index contributed by atoms with van der Waals surface area (Å²) in [5.74, 6) is -3.26. The lowest BCUT2D eigenvalue weighted by Gasteiger charge is -2.27. The van der Waals surface area contributed by atoms with Gasteiger partial charge in [0.2, 0.25) is 0 Å². The van der Waals surface area contributed by atoms with Gasteiger partial charge in [-0.05, 0) is 18.6 Å². The molecule has 1 aromatic heterocycles. The number of fused-ring (bicyclic) bond motifs is 2. The van der Waals surface area contributed by atoms with Crippen LogP contribution in [0, 0.1) is 0 Å². The van der Waals surface area contributed by atoms with E-state index < -0.39 is 73.4 Å². The second-order valence-electron chi connectivity index (χ2n) is 9.31. The summed E-state index contributed by atoms with van der Waals surface area (Å²) in [5, 5.41) is 9.11. The Bertz CT molecular complexity index is 1350. The molecule has 2 aliphatic rings. The maximum Gasteiger partial charge on any atom is 0.351 e. The van der Waals surface area contributed by atoms with Crippen molar-refractivity contribution in [3.05, 3.63) is 58.1 Å². The van der Waals surface area contributed by atoms with Crippen LogP contribution in [0.15, 0.2) is 41.3 Å². The van der Waals surface area contributed by atoms with E-state index in [1.165, 1.54) is 24.4 Å². The number of rotatable bonds is 11. The van der Waals surface area contributed by atoms with Crippen LogP contribution >= 0.6 is 0 Å². The minimum absolute atomic E-state index is 0.0454. The van der Waals surface area contributed by atoms with Crippen LogP contribution < -0.4 is 16.9 Å². The first kappa shape index (κ1) is 29.6. The van der Waals surface area contributed by atoms with Crippen molar-refractivity contribution in [2.75, 3.05) is 18.7 Å². The zero-order valence-corrected chi connectivity index (χ0v) is 22.1. The van der Waals surface area contributed by atoms with Crippen LogP contribution in [-0.2, 0) is 33.4 Å². The molecule has 0 saturated carbocycles. The highest BCUT2D eigenvalue weighted by molar-refractivity contribution is 6.03. The molecule has 1 fully saturated rings. The van der Waals surface area contributed by atoms with Gasteiger partial charge < -0.3 is 34.6 Å². The second-order valence-corrected chi connectivity index (χ2v) is 9.31. The molecule has 2 aliphatic heterocycles. The highest BCUT2D eigenvalue weighted by Crippen LogP contribution is 2.36. The van der Waals surface area contributed by atoms with Gasteiger partial charge in [0.05, 0.1) is 17.7 Å². The van der Waals surface area contributed by atoms with Crippen molar-refractivity contribution < 1.29 is 48.1 Å². The summed E-state index contributed by atoms with van der Waals surface area (Å²) in [5.41, 5.74) is 6.83. The van der Waals surface area contributed by atoms with Gasteiger partial charge in [-0.2, -0.15) is 4.98 Å². The van der Waals surface area contributed by atoms with E-state index >= 15 is 0 Å². The predicted molar refractivity (Wildman–Crippen MR) is 137 cm³/mol. The number of hydrogen-bond donors (Lipinski definition) is 3. The molecule has 0 aliphatic carbocycles. The van der Waals surface area contributed by atoms with Crippen LogP contribution in [0.5, 0.6) is 0 Å². The van der Waals surface area contributed by atoms with Gasteiger partial charge in [0, 0.05) is 18.7 Å². The number of nitrogens with two attached hydrogens (primary N) is 1. The standard InChI is InChI=1S/C26H30N4O11/c1-2-3-4-9-19(32)41-29-18-10-11-30(26(36)28-18)22-21-20(17(38-22)13-37-25(35)16(27)12-31)39-23(33)14-7-5-6-8-15(14)24(34)40-21/h5-8,10-11,16-17,20-22,31H,2-4,9,12-13,27H2,1H3,(H,28,29,36)/t16-,17-,20-,21-,22-/m1/s1. The van der Waals surface area contributed by atoms with Gasteiger partial charge in [-0.3, -0.25) is 9.36 Å². The maximum absolute atomic E-state index is 13.0. The first-order valence-electron chi connectivity index (χ1n) is 13.0. The van der Waals surface area contributed by atoms with Gasteiger partial charge in [0.25, 0.3) is 0 Å². The van der Waals surface area contributed by atoms with Gasteiger partial charge in [-0.25, -0.2) is 24.7 Å². The zero-order chi connectivity index (χ0) is 29.5. The van der Waals surface area contributed by atoms with Crippen LogP contribution in [0.25, 0.3) is 0 Å². The molecule has 3 heterocycles. The quantitative estimate of drug-likeness (QED) is 0.142. The number of ether oxygens (including phenoxy) is 4. The molecule has 5 atom stereocenters. The van der Waals surface area contributed by atoms with E-state index in [1.807, 2.05) is 6.92 Å². The fourth-order valence-corrected chi connectivity index (χ4v) is 4.24. The lowest BCUT2D eigenvalue weighted by Crippen LogP contribution is -2.44. The van der Waals surface area contributed by atoms with E-state index in [0.717, 1.165) is 17.4 Å². The monoisotopic (exact) mass is 574 g/mol. The Kier molecular flexibility index (Phi) is 9.65. The second kappa shape index (κ2) is 13.3. The van der Waals surface area contributed by atoms with Crippen molar-refractivity contribution >= 4 is 29.7 Å².